The van der Waals surface area contributed by atoms with E-state index in [4.69, 9.17) is 16.3 Å². The second-order valence-corrected chi connectivity index (χ2v) is 6.57. The summed E-state index contributed by atoms with van der Waals surface area (Å²) >= 11 is 7.08. The molecule has 0 aliphatic carbocycles. The summed E-state index contributed by atoms with van der Waals surface area (Å²) in [6, 6.07) is 0. The predicted molar refractivity (Wildman–Crippen MR) is 82.6 cm³/mol. The fourth-order valence-corrected chi connectivity index (χ4v) is 3.22. The SMILES string of the molecule is CSc1nc(C2CCOC(C)(O)C2)c2cnc(Cl)c(F)c2n1. The standard InChI is InChI=1S/C14H15ClFN3O2S/c1-14(20)5-7(3-4-21-14)10-8-6-17-12(15)9(16)11(8)19-13(18-10)22-2/h6-7,20H,3-5H2,1-2H3. The molecule has 3 rings (SSSR count). The molecule has 1 aliphatic heterocycles. The fraction of sp³-hybridized carbons (Fsp3) is 0.500. The largest absolute Gasteiger partial charge is 0.366 e. The van der Waals surface area contributed by atoms with Crippen molar-refractivity contribution in [3.8, 4) is 0 Å². The highest BCUT2D eigenvalue weighted by Gasteiger charge is 2.34. The monoisotopic (exact) mass is 343 g/mol. The van der Waals surface area contributed by atoms with Gasteiger partial charge in [-0.05, 0) is 19.6 Å². The Labute approximate surface area is 136 Å². The van der Waals surface area contributed by atoms with Gasteiger partial charge in [-0.2, -0.15) is 0 Å². The van der Waals surface area contributed by atoms with Gasteiger partial charge in [-0.25, -0.2) is 19.3 Å². The summed E-state index contributed by atoms with van der Waals surface area (Å²) in [5, 5.41) is 10.9. The third-order valence-electron chi connectivity index (χ3n) is 3.72. The van der Waals surface area contributed by atoms with Gasteiger partial charge in [0.05, 0.1) is 12.3 Å². The second-order valence-electron chi connectivity index (χ2n) is 5.43. The van der Waals surface area contributed by atoms with Gasteiger partial charge in [0.15, 0.2) is 21.9 Å². The molecule has 3 heterocycles. The molecule has 2 atom stereocenters. The summed E-state index contributed by atoms with van der Waals surface area (Å²) in [6.07, 6.45) is 4.40. The normalized spacial score (nSPS) is 25.6. The molecular formula is C14H15ClFN3O2S. The molecule has 0 amide bonds. The molecular weight excluding hydrogens is 329 g/mol. The van der Waals surface area contributed by atoms with Crippen molar-refractivity contribution in [2.24, 2.45) is 0 Å². The van der Waals surface area contributed by atoms with Gasteiger partial charge in [0, 0.05) is 23.9 Å². The van der Waals surface area contributed by atoms with E-state index in [1.807, 2.05) is 6.26 Å². The number of rotatable bonds is 2. The van der Waals surface area contributed by atoms with Crippen LogP contribution in [0.1, 0.15) is 31.4 Å². The number of hydrogen-bond acceptors (Lipinski definition) is 6. The molecule has 1 saturated heterocycles. The van der Waals surface area contributed by atoms with Crippen molar-refractivity contribution in [1.82, 2.24) is 15.0 Å². The van der Waals surface area contributed by atoms with Crippen molar-refractivity contribution in [1.29, 1.82) is 0 Å². The van der Waals surface area contributed by atoms with Crippen molar-refractivity contribution in [3.63, 3.8) is 0 Å². The first-order valence-corrected chi connectivity index (χ1v) is 8.43. The molecule has 2 aromatic heterocycles. The Morgan fingerprint density at radius 3 is 2.95 bits per heavy atom. The minimum absolute atomic E-state index is 0.0532. The molecule has 22 heavy (non-hydrogen) atoms. The Morgan fingerprint density at radius 1 is 1.50 bits per heavy atom. The van der Waals surface area contributed by atoms with E-state index in [0.29, 0.717) is 35.7 Å². The minimum atomic E-state index is -1.21. The molecule has 118 valence electrons. The second kappa shape index (κ2) is 5.88. The number of nitrogens with zero attached hydrogens (tertiary/aromatic N) is 3. The smallest absolute Gasteiger partial charge is 0.188 e. The Balaban J connectivity index is 2.17. The van der Waals surface area contributed by atoms with Crippen molar-refractivity contribution in [3.05, 3.63) is 22.9 Å². The van der Waals surface area contributed by atoms with Crippen LogP contribution in [0.2, 0.25) is 5.15 Å². The average Bonchev–Trinajstić information content (AvgIpc) is 2.49. The topological polar surface area (TPSA) is 68.1 Å². The molecule has 0 aromatic carbocycles. The van der Waals surface area contributed by atoms with Gasteiger partial charge < -0.3 is 9.84 Å². The van der Waals surface area contributed by atoms with E-state index in [-0.39, 0.29) is 16.6 Å². The van der Waals surface area contributed by atoms with Crippen molar-refractivity contribution in [2.45, 2.75) is 36.6 Å². The first-order chi connectivity index (χ1) is 10.4. The number of halogens is 2. The molecule has 2 unspecified atom stereocenters. The lowest BCUT2D eigenvalue weighted by atomic mass is 9.89. The highest BCUT2D eigenvalue weighted by molar-refractivity contribution is 7.98. The van der Waals surface area contributed by atoms with Crippen LogP contribution >= 0.6 is 23.4 Å². The van der Waals surface area contributed by atoms with Gasteiger partial charge in [-0.1, -0.05) is 23.4 Å². The molecule has 1 fully saturated rings. The number of hydrogen-bond donors (Lipinski definition) is 1. The first-order valence-electron chi connectivity index (χ1n) is 6.83. The average molecular weight is 344 g/mol. The van der Waals surface area contributed by atoms with E-state index in [1.54, 1.807) is 6.92 Å². The number of pyridine rings is 1. The number of aromatic nitrogens is 3. The summed E-state index contributed by atoms with van der Waals surface area (Å²) in [6.45, 7) is 2.04. The summed E-state index contributed by atoms with van der Waals surface area (Å²) in [5.41, 5.74) is 0.849. The number of ether oxygens (including phenoxy) is 1. The van der Waals surface area contributed by atoms with Crippen molar-refractivity contribution < 1.29 is 14.2 Å². The molecule has 1 N–H and O–H groups in total. The maximum absolute atomic E-state index is 14.2. The lowest BCUT2D eigenvalue weighted by molar-refractivity contribution is -0.215. The molecule has 8 heteroatoms. The zero-order chi connectivity index (χ0) is 15.9. The summed E-state index contributed by atoms with van der Waals surface area (Å²) in [5.74, 6) is -1.91. The van der Waals surface area contributed by atoms with E-state index in [2.05, 4.69) is 15.0 Å². The maximum Gasteiger partial charge on any atom is 0.188 e. The highest BCUT2D eigenvalue weighted by Crippen LogP contribution is 2.37. The fourth-order valence-electron chi connectivity index (χ4n) is 2.71. The Bertz CT molecular complexity index is 729. The summed E-state index contributed by atoms with van der Waals surface area (Å²) in [4.78, 5) is 12.6. The van der Waals surface area contributed by atoms with E-state index >= 15 is 0 Å². The van der Waals surface area contributed by atoms with Crippen LogP contribution in [0.25, 0.3) is 10.9 Å². The van der Waals surface area contributed by atoms with Crippen LogP contribution in [0.3, 0.4) is 0 Å². The molecule has 0 spiro atoms. The lowest BCUT2D eigenvalue weighted by Crippen LogP contribution is -2.36. The summed E-state index contributed by atoms with van der Waals surface area (Å²) in [7, 11) is 0. The van der Waals surface area contributed by atoms with Crippen molar-refractivity contribution in [2.75, 3.05) is 12.9 Å². The predicted octanol–water partition coefficient (Wildman–Crippen LogP) is 3.14. The third kappa shape index (κ3) is 2.90. The number of aliphatic hydroxyl groups is 1. The number of fused-ring (bicyclic) bond motifs is 1. The molecule has 0 bridgehead atoms. The van der Waals surface area contributed by atoms with Gasteiger partial charge in [0.25, 0.3) is 0 Å². The van der Waals surface area contributed by atoms with Crippen molar-refractivity contribution >= 4 is 34.3 Å². The number of thioether (sulfide) groups is 1. The van der Waals surface area contributed by atoms with Crippen LogP contribution in [-0.2, 0) is 4.74 Å². The zero-order valence-corrected chi connectivity index (χ0v) is 13.7. The van der Waals surface area contributed by atoms with Gasteiger partial charge in [-0.15, -0.1) is 0 Å². The Morgan fingerprint density at radius 2 is 2.27 bits per heavy atom. The van der Waals surface area contributed by atoms with Crippen LogP contribution in [-0.4, -0.2) is 38.7 Å². The van der Waals surface area contributed by atoms with E-state index in [9.17, 15) is 9.50 Å². The molecule has 1 aliphatic rings. The zero-order valence-electron chi connectivity index (χ0n) is 12.1. The van der Waals surface area contributed by atoms with E-state index in [0.717, 1.165) is 0 Å². The van der Waals surface area contributed by atoms with Gasteiger partial charge in [0.2, 0.25) is 0 Å². The summed E-state index contributed by atoms with van der Waals surface area (Å²) < 4.78 is 19.6. The van der Waals surface area contributed by atoms with Crippen LogP contribution in [0, 0.1) is 5.82 Å². The first kappa shape index (κ1) is 15.9. The van der Waals surface area contributed by atoms with Crippen LogP contribution in [0.5, 0.6) is 0 Å². The third-order valence-corrected chi connectivity index (χ3v) is 4.54. The molecule has 5 nitrogen and oxygen atoms in total. The quantitative estimate of drug-likeness (QED) is 0.513. The molecule has 0 saturated carbocycles. The van der Waals surface area contributed by atoms with Gasteiger partial charge in [0.1, 0.15) is 5.52 Å². The van der Waals surface area contributed by atoms with Crippen LogP contribution in [0.15, 0.2) is 11.4 Å². The van der Waals surface area contributed by atoms with E-state index < -0.39 is 11.6 Å². The Hall–Kier alpha value is -1.02. The van der Waals surface area contributed by atoms with Crippen LogP contribution < -0.4 is 0 Å². The highest BCUT2D eigenvalue weighted by atomic mass is 35.5. The lowest BCUT2D eigenvalue weighted by Gasteiger charge is -2.34. The molecule has 2 aromatic rings. The van der Waals surface area contributed by atoms with Gasteiger partial charge >= 0.3 is 0 Å². The minimum Gasteiger partial charge on any atom is -0.366 e. The maximum atomic E-state index is 14.2. The van der Waals surface area contributed by atoms with Gasteiger partial charge in [-0.3, -0.25) is 0 Å². The van der Waals surface area contributed by atoms with E-state index in [1.165, 1.54) is 18.0 Å². The van der Waals surface area contributed by atoms with Crippen LogP contribution in [0.4, 0.5) is 4.39 Å². The Kier molecular flexibility index (Phi) is 4.24. The molecule has 0 radical (unpaired) electrons.